The highest BCUT2D eigenvalue weighted by Gasteiger charge is 2.07. The van der Waals surface area contributed by atoms with Crippen molar-refractivity contribution in [3.05, 3.63) is 46.3 Å². The lowest BCUT2D eigenvalue weighted by molar-refractivity contribution is 0.362. The summed E-state index contributed by atoms with van der Waals surface area (Å²) in [4.78, 5) is 11.1. The van der Waals surface area contributed by atoms with Crippen LogP contribution in [0, 0.1) is 0 Å². The first-order chi connectivity index (χ1) is 8.56. The Morgan fingerprint density at radius 3 is 2.89 bits per heavy atom. The molecule has 4 nitrogen and oxygen atoms in total. The maximum Gasteiger partial charge on any atom is 0.336 e. The van der Waals surface area contributed by atoms with Crippen molar-refractivity contribution in [3.8, 4) is 11.5 Å². The SMILES string of the molecule is CC(C)=CCOc1cc(O)cc2oc(=O)ccc12. The number of phenolic OH excluding ortho intramolecular Hbond substituents is 1. The van der Waals surface area contributed by atoms with Crippen LogP contribution in [0.3, 0.4) is 0 Å². The molecule has 0 fully saturated rings. The van der Waals surface area contributed by atoms with E-state index in [1.807, 2.05) is 19.9 Å². The first-order valence-electron chi connectivity index (χ1n) is 5.59. The van der Waals surface area contributed by atoms with Gasteiger partial charge in [0.05, 0.1) is 5.39 Å². The zero-order valence-electron chi connectivity index (χ0n) is 10.3. The van der Waals surface area contributed by atoms with E-state index in [-0.39, 0.29) is 5.75 Å². The Morgan fingerprint density at radius 2 is 2.17 bits per heavy atom. The molecule has 0 bridgehead atoms. The number of rotatable bonds is 3. The molecular weight excluding hydrogens is 232 g/mol. The first kappa shape index (κ1) is 12.2. The van der Waals surface area contributed by atoms with E-state index in [2.05, 4.69) is 0 Å². The summed E-state index contributed by atoms with van der Waals surface area (Å²) in [6, 6.07) is 5.84. The van der Waals surface area contributed by atoms with Crippen molar-refractivity contribution in [1.29, 1.82) is 0 Å². The van der Waals surface area contributed by atoms with E-state index in [4.69, 9.17) is 9.15 Å². The molecule has 0 amide bonds. The van der Waals surface area contributed by atoms with E-state index in [1.54, 1.807) is 6.07 Å². The third-order valence-corrected chi connectivity index (χ3v) is 2.42. The largest absolute Gasteiger partial charge is 0.508 e. The molecule has 2 aromatic rings. The van der Waals surface area contributed by atoms with E-state index in [0.717, 1.165) is 5.57 Å². The summed E-state index contributed by atoms with van der Waals surface area (Å²) in [5.41, 5.74) is 1.00. The fraction of sp³-hybridized carbons (Fsp3) is 0.214. The summed E-state index contributed by atoms with van der Waals surface area (Å²) >= 11 is 0. The Bertz CT molecular complexity index is 648. The van der Waals surface area contributed by atoms with E-state index in [9.17, 15) is 9.90 Å². The average Bonchev–Trinajstić information content (AvgIpc) is 2.27. The predicted octanol–water partition coefficient (Wildman–Crippen LogP) is 2.84. The quantitative estimate of drug-likeness (QED) is 0.668. The molecule has 0 atom stereocenters. The van der Waals surface area contributed by atoms with Gasteiger partial charge < -0.3 is 14.3 Å². The number of ether oxygens (including phenoxy) is 1. The molecule has 1 heterocycles. The van der Waals surface area contributed by atoms with Crippen LogP contribution in [0.2, 0.25) is 0 Å². The third-order valence-electron chi connectivity index (χ3n) is 2.42. The number of allylic oxidation sites excluding steroid dienone is 1. The van der Waals surface area contributed by atoms with E-state index >= 15 is 0 Å². The van der Waals surface area contributed by atoms with Crippen molar-refractivity contribution in [2.45, 2.75) is 13.8 Å². The molecule has 4 heteroatoms. The predicted molar refractivity (Wildman–Crippen MR) is 69.1 cm³/mol. The van der Waals surface area contributed by atoms with Crippen LogP contribution < -0.4 is 10.4 Å². The lowest BCUT2D eigenvalue weighted by Crippen LogP contribution is -1.98. The van der Waals surface area contributed by atoms with Crippen molar-refractivity contribution in [2.75, 3.05) is 6.61 Å². The summed E-state index contributed by atoms with van der Waals surface area (Å²) in [6.07, 6.45) is 1.93. The van der Waals surface area contributed by atoms with Gasteiger partial charge in [0.15, 0.2) is 0 Å². The second-order valence-corrected chi connectivity index (χ2v) is 4.20. The maximum atomic E-state index is 11.1. The highest BCUT2D eigenvalue weighted by atomic mass is 16.5. The summed E-state index contributed by atoms with van der Waals surface area (Å²) in [6.45, 7) is 4.35. The maximum absolute atomic E-state index is 11.1. The zero-order chi connectivity index (χ0) is 13.1. The van der Waals surface area contributed by atoms with Gasteiger partial charge in [-0.05, 0) is 26.0 Å². The molecule has 0 saturated carbocycles. The second kappa shape index (κ2) is 4.96. The fourth-order valence-corrected chi connectivity index (χ4v) is 1.55. The van der Waals surface area contributed by atoms with Crippen LogP contribution in [-0.4, -0.2) is 11.7 Å². The molecule has 2 rings (SSSR count). The number of phenols is 1. The number of benzene rings is 1. The standard InChI is InChI=1S/C14H14O4/c1-9(2)5-6-17-12-7-10(15)8-13-11(12)3-4-14(16)18-13/h3-5,7-8,15H,6H2,1-2H3. The van der Waals surface area contributed by atoms with Crippen molar-refractivity contribution >= 4 is 11.0 Å². The lowest BCUT2D eigenvalue weighted by Gasteiger charge is -2.07. The molecule has 1 aromatic carbocycles. The fourth-order valence-electron chi connectivity index (χ4n) is 1.55. The summed E-state index contributed by atoms with van der Waals surface area (Å²) in [5.74, 6) is 0.496. The van der Waals surface area contributed by atoms with Gasteiger partial charge in [0.1, 0.15) is 23.7 Å². The molecule has 0 spiro atoms. The van der Waals surface area contributed by atoms with Gasteiger partial charge in [0.2, 0.25) is 0 Å². The second-order valence-electron chi connectivity index (χ2n) is 4.20. The number of aromatic hydroxyl groups is 1. The molecular formula is C14H14O4. The van der Waals surface area contributed by atoms with Crippen LogP contribution in [-0.2, 0) is 0 Å². The third kappa shape index (κ3) is 2.71. The Hall–Kier alpha value is -2.23. The van der Waals surface area contributed by atoms with Gasteiger partial charge in [-0.25, -0.2) is 4.79 Å². The van der Waals surface area contributed by atoms with Gasteiger partial charge in [0.25, 0.3) is 0 Å². The Morgan fingerprint density at radius 1 is 1.39 bits per heavy atom. The molecule has 0 unspecified atom stereocenters. The molecule has 0 radical (unpaired) electrons. The van der Waals surface area contributed by atoms with Crippen LogP contribution in [0.4, 0.5) is 0 Å². The van der Waals surface area contributed by atoms with Gasteiger partial charge in [-0.2, -0.15) is 0 Å². The Kier molecular flexibility index (Phi) is 3.37. The number of hydrogen-bond donors (Lipinski definition) is 1. The van der Waals surface area contributed by atoms with E-state index < -0.39 is 5.63 Å². The molecule has 0 aliphatic heterocycles. The van der Waals surface area contributed by atoms with Crippen LogP contribution in [0.15, 0.2) is 45.1 Å². The summed E-state index contributed by atoms with van der Waals surface area (Å²) < 4.78 is 10.6. The van der Waals surface area contributed by atoms with Crippen molar-refractivity contribution in [3.63, 3.8) is 0 Å². The molecule has 18 heavy (non-hydrogen) atoms. The van der Waals surface area contributed by atoms with Crippen LogP contribution in [0.5, 0.6) is 11.5 Å². The molecule has 1 N–H and O–H groups in total. The van der Waals surface area contributed by atoms with Crippen molar-refractivity contribution in [1.82, 2.24) is 0 Å². The number of hydrogen-bond acceptors (Lipinski definition) is 4. The van der Waals surface area contributed by atoms with Gasteiger partial charge >= 0.3 is 5.63 Å². The lowest BCUT2D eigenvalue weighted by atomic mass is 10.2. The first-order valence-corrected chi connectivity index (χ1v) is 5.59. The molecule has 0 aliphatic rings. The molecule has 1 aromatic heterocycles. The Labute approximate surface area is 104 Å². The highest BCUT2D eigenvalue weighted by molar-refractivity contribution is 5.84. The van der Waals surface area contributed by atoms with Gasteiger partial charge in [-0.15, -0.1) is 0 Å². The summed E-state index contributed by atoms with van der Waals surface area (Å²) in [7, 11) is 0. The van der Waals surface area contributed by atoms with Gasteiger partial charge in [-0.1, -0.05) is 5.57 Å². The van der Waals surface area contributed by atoms with Crippen LogP contribution in [0.25, 0.3) is 11.0 Å². The smallest absolute Gasteiger partial charge is 0.336 e. The van der Waals surface area contributed by atoms with Crippen molar-refractivity contribution in [2.24, 2.45) is 0 Å². The van der Waals surface area contributed by atoms with Gasteiger partial charge in [0, 0.05) is 18.2 Å². The van der Waals surface area contributed by atoms with E-state index in [0.29, 0.717) is 23.3 Å². The summed E-state index contributed by atoms with van der Waals surface area (Å²) in [5, 5.41) is 10.2. The minimum atomic E-state index is -0.455. The average molecular weight is 246 g/mol. The normalized spacial score (nSPS) is 10.3. The van der Waals surface area contributed by atoms with Crippen molar-refractivity contribution < 1.29 is 14.3 Å². The minimum Gasteiger partial charge on any atom is -0.508 e. The topological polar surface area (TPSA) is 59.7 Å². The highest BCUT2D eigenvalue weighted by Crippen LogP contribution is 2.29. The van der Waals surface area contributed by atoms with Gasteiger partial charge in [-0.3, -0.25) is 0 Å². The Balaban J connectivity index is 2.43. The number of fused-ring (bicyclic) bond motifs is 1. The molecule has 94 valence electrons. The monoisotopic (exact) mass is 246 g/mol. The molecule has 0 saturated heterocycles. The van der Waals surface area contributed by atoms with Crippen LogP contribution in [0.1, 0.15) is 13.8 Å². The van der Waals surface area contributed by atoms with E-state index in [1.165, 1.54) is 18.2 Å². The zero-order valence-corrected chi connectivity index (χ0v) is 10.3. The minimum absolute atomic E-state index is 0.00375. The van der Waals surface area contributed by atoms with Crippen LogP contribution >= 0.6 is 0 Å². The molecule has 0 aliphatic carbocycles.